The SMILES string of the molecule is COCCOCC(=O)c1c(C)cc(C)cc1OC. The summed E-state index contributed by atoms with van der Waals surface area (Å²) in [5, 5.41) is 0. The van der Waals surface area contributed by atoms with Gasteiger partial charge in [-0.1, -0.05) is 6.07 Å². The van der Waals surface area contributed by atoms with Gasteiger partial charge in [0.2, 0.25) is 0 Å². The lowest BCUT2D eigenvalue weighted by Gasteiger charge is -2.12. The molecule has 0 unspecified atom stereocenters. The Balaban J connectivity index is 2.78. The molecule has 0 amide bonds. The van der Waals surface area contributed by atoms with Crippen LogP contribution in [-0.2, 0) is 9.47 Å². The van der Waals surface area contributed by atoms with Gasteiger partial charge in [0.15, 0.2) is 5.78 Å². The summed E-state index contributed by atoms with van der Waals surface area (Å²) in [5.41, 5.74) is 2.58. The van der Waals surface area contributed by atoms with Gasteiger partial charge in [-0.25, -0.2) is 0 Å². The van der Waals surface area contributed by atoms with Crippen LogP contribution >= 0.6 is 0 Å². The van der Waals surface area contributed by atoms with E-state index >= 15 is 0 Å². The Hall–Kier alpha value is -1.39. The highest BCUT2D eigenvalue weighted by atomic mass is 16.5. The predicted octanol–water partition coefficient (Wildman–Crippen LogP) is 2.16. The first kappa shape index (κ1) is 14.7. The second-order valence-electron chi connectivity index (χ2n) is 4.13. The average molecular weight is 252 g/mol. The number of ketones is 1. The lowest BCUT2D eigenvalue weighted by molar-refractivity contribution is 0.0574. The third-order valence-corrected chi connectivity index (χ3v) is 2.61. The quantitative estimate of drug-likeness (QED) is 0.551. The van der Waals surface area contributed by atoms with E-state index in [0.717, 1.165) is 11.1 Å². The lowest BCUT2D eigenvalue weighted by atomic mass is 10.0. The molecule has 4 heteroatoms. The Kier molecular flexibility index (Phi) is 5.82. The van der Waals surface area contributed by atoms with Gasteiger partial charge in [0, 0.05) is 7.11 Å². The van der Waals surface area contributed by atoms with Gasteiger partial charge < -0.3 is 14.2 Å². The third-order valence-electron chi connectivity index (χ3n) is 2.61. The zero-order chi connectivity index (χ0) is 13.5. The summed E-state index contributed by atoms with van der Waals surface area (Å²) in [5.74, 6) is 0.535. The van der Waals surface area contributed by atoms with Gasteiger partial charge in [0.25, 0.3) is 0 Å². The van der Waals surface area contributed by atoms with Crippen LogP contribution in [0, 0.1) is 13.8 Å². The fourth-order valence-corrected chi connectivity index (χ4v) is 1.83. The van der Waals surface area contributed by atoms with Crippen LogP contribution < -0.4 is 4.74 Å². The van der Waals surface area contributed by atoms with Crippen molar-refractivity contribution in [2.45, 2.75) is 13.8 Å². The van der Waals surface area contributed by atoms with Crippen LogP contribution in [0.2, 0.25) is 0 Å². The first-order valence-corrected chi connectivity index (χ1v) is 5.85. The summed E-state index contributed by atoms with van der Waals surface area (Å²) in [6.07, 6.45) is 0. The van der Waals surface area contributed by atoms with E-state index in [0.29, 0.717) is 24.5 Å². The molecule has 0 atom stereocenters. The van der Waals surface area contributed by atoms with E-state index < -0.39 is 0 Å². The van der Waals surface area contributed by atoms with Gasteiger partial charge in [0.1, 0.15) is 12.4 Å². The van der Waals surface area contributed by atoms with E-state index in [1.54, 1.807) is 14.2 Å². The molecule has 0 bridgehead atoms. The Morgan fingerprint density at radius 2 is 1.89 bits per heavy atom. The summed E-state index contributed by atoms with van der Waals surface area (Å²) in [6, 6.07) is 3.82. The highest BCUT2D eigenvalue weighted by Crippen LogP contribution is 2.24. The zero-order valence-electron chi connectivity index (χ0n) is 11.4. The largest absolute Gasteiger partial charge is 0.496 e. The molecule has 0 aliphatic rings. The molecular formula is C14H20O4. The first-order valence-electron chi connectivity index (χ1n) is 5.85. The predicted molar refractivity (Wildman–Crippen MR) is 69.5 cm³/mol. The number of benzene rings is 1. The van der Waals surface area contributed by atoms with Crippen molar-refractivity contribution in [3.63, 3.8) is 0 Å². The van der Waals surface area contributed by atoms with E-state index in [4.69, 9.17) is 14.2 Å². The van der Waals surface area contributed by atoms with Crippen LogP contribution in [0.5, 0.6) is 5.75 Å². The number of carbonyl (C=O) groups excluding carboxylic acids is 1. The molecule has 0 aliphatic heterocycles. The molecule has 0 aliphatic carbocycles. The number of methoxy groups -OCH3 is 2. The van der Waals surface area contributed by atoms with Crippen LogP contribution in [0.15, 0.2) is 12.1 Å². The Bertz CT molecular complexity index is 413. The Morgan fingerprint density at radius 1 is 1.17 bits per heavy atom. The molecule has 4 nitrogen and oxygen atoms in total. The first-order chi connectivity index (χ1) is 8.60. The van der Waals surface area contributed by atoms with Crippen molar-refractivity contribution < 1.29 is 19.0 Å². The Labute approximate surface area is 108 Å². The molecule has 0 radical (unpaired) electrons. The number of ether oxygens (including phenoxy) is 3. The van der Waals surface area contributed by atoms with Gasteiger partial charge in [-0.2, -0.15) is 0 Å². The smallest absolute Gasteiger partial charge is 0.192 e. The van der Waals surface area contributed by atoms with E-state index in [-0.39, 0.29) is 12.4 Å². The lowest BCUT2D eigenvalue weighted by Crippen LogP contribution is -2.14. The molecule has 0 aromatic heterocycles. The molecule has 1 aromatic rings. The van der Waals surface area contributed by atoms with Gasteiger partial charge in [0.05, 0.1) is 25.9 Å². The average Bonchev–Trinajstić information content (AvgIpc) is 2.33. The molecule has 0 heterocycles. The normalized spacial score (nSPS) is 10.4. The van der Waals surface area contributed by atoms with E-state index in [1.165, 1.54) is 0 Å². The molecule has 100 valence electrons. The van der Waals surface area contributed by atoms with E-state index in [9.17, 15) is 4.79 Å². The Morgan fingerprint density at radius 3 is 2.50 bits per heavy atom. The number of hydrogen-bond donors (Lipinski definition) is 0. The van der Waals surface area contributed by atoms with Crippen molar-refractivity contribution in [3.8, 4) is 5.75 Å². The molecular weight excluding hydrogens is 232 g/mol. The molecule has 1 rings (SSSR count). The molecule has 1 aromatic carbocycles. The highest BCUT2D eigenvalue weighted by molar-refractivity contribution is 6.01. The van der Waals surface area contributed by atoms with Gasteiger partial charge in [-0.3, -0.25) is 4.79 Å². The molecule has 0 fully saturated rings. The standard InChI is InChI=1S/C14H20O4/c1-10-7-11(2)14(13(8-10)17-4)12(15)9-18-6-5-16-3/h7-8H,5-6,9H2,1-4H3. The maximum Gasteiger partial charge on any atom is 0.192 e. The van der Waals surface area contributed by atoms with Gasteiger partial charge >= 0.3 is 0 Å². The summed E-state index contributed by atoms with van der Waals surface area (Å²) < 4.78 is 15.4. The number of carbonyl (C=O) groups is 1. The van der Waals surface area contributed by atoms with Crippen LogP contribution in [0.3, 0.4) is 0 Å². The van der Waals surface area contributed by atoms with Crippen molar-refractivity contribution in [3.05, 3.63) is 28.8 Å². The summed E-state index contributed by atoms with van der Waals surface area (Å²) >= 11 is 0. The number of Topliss-reactive ketones (excluding diaryl/α,β-unsaturated/α-hetero) is 1. The van der Waals surface area contributed by atoms with E-state index in [1.807, 2.05) is 26.0 Å². The van der Waals surface area contributed by atoms with Gasteiger partial charge in [-0.05, 0) is 31.0 Å². The second-order valence-corrected chi connectivity index (χ2v) is 4.13. The van der Waals surface area contributed by atoms with Gasteiger partial charge in [-0.15, -0.1) is 0 Å². The van der Waals surface area contributed by atoms with Crippen molar-refractivity contribution in [2.24, 2.45) is 0 Å². The summed E-state index contributed by atoms with van der Waals surface area (Å²) in [7, 11) is 3.16. The summed E-state index contributed by atoms with van der Waals surface area (Å²) in [4.78, 5) is 12.1. The minimum Gasteiger partial charge on any atom is -0.496 e. The maximum atomic E-state index is 12.1. The van der Waals surface area contributed by atoms with E-state index in [2.05, 4.69) is 0 Å². The number of aryl methyl sites for hydroxylation is 2. The molecule has 0 saturated heterocycles. The third kappa shape index (κ3) is 3.82. The van der Waals surface area contributed by atoms with Crippen molar-refractivity contribution in [1.82, 2.24) is 0 Å². The van der Waals surface area contributed by atoms with Crippen molar-refractivity contribution in [1.29, 1.82) is 0 Å². The fraction of sp³-hybridized carbons (Fsp3) is 0.500. The summed E-state index contributed by atoms with van der Waals surface area (Å²) in [6.45, 7) is 4.81. The topological polar surface area (TPSA) is 44.8 Å². The molecule has 18 heavy (non-hydrogen) atoms. The minimum absolute atomic E-state index is 0.0453. The fourth-order valence-electron chi connectivity index (χ4n) is 1.83. The zero-order valence-corrected chi connectivity index (χ0v) is 11.4. The second kappa shape index (κ2) is 7.13. The minimum atomic E-state index is -0.0690. The van der Waals surface area contributed by atoms with Crippen LogP contribution in [0.4, 0.5) is 0 Å². The number of rotatable bonds is 7. The highest BCUT2D eigenvalue weighted by Gasteiger charge is 2.15. The van der Waals surface area contributed by atoms with Crippen molar-refractivity contribution >= 4 is 5.78 Å². The molecule has 0 spiro atoms. The maximum absolute atomic E-state index is 12.1. The van der Waals surface area contributed by atoms with Crippen molar-refractivity contribution in [2.75, 3.05) is 34.0 Å². The monoisotopic (exact) mass is 252 g/mol. The molecule has 0 N–H and O–H groups in total. The number of hydrogen-bond acceptors (Lipinski definition) is 4. The molecule has 0 saturated carbocycles. The van der Waals surface area contributed by atoms with Crippen LogP contribution in [-0.4, -0.2) is 39.8 Å². The van der Waals surface area contributed by atoms with Crippen LogP contribution in [0.25, 0.3) is 0 Å². The van der Waals surface area contributed by atoms with Crippen LogP contribution in [0.1, 0.15) is 21.5 Å².